The van der Waals surface area contributed by atoms with Gasteiger partial charge < -0.3 is 15.0 Å². The number of ether oxygens (including phenoxy) is 1. The minimum absolute atomic E-state index is 0.0356. The van der Waals surface area contributed by atoms with Crippen LogP contribution in [0.2, 0.25) is 0 Å². The molecule has 2 saturated heterocycles. The van der Waals surface area contributed by atoms with Crippen molar-refractivity contribution in [1.29, 1.82) is 0 Å². The summed E-state index contributed by atoms with van der Waals surface area (Å²) in [5.74, 6) is 0. The van der Waals surface area contributed by atoms with E-state index in [2.05, 4.69) is 15.3 Å². The van der Waals surface area contributed by atoms with Crippen LogP contribution in [0.5, 0.6) is 0 Å². The average Bonchev–Trinajstić information content (AvgIpc) is 2.95. The highest BCUT2D eigenvalue weighted by Crippen LogP contribution is 2.14. The molecule has 6 nitrogen and oxygen atoms in total. The van der Waals surface area contributed by atoms with Crippen molar-refractivity contribution < 1.29 is 4.74 Å². The van der Waals surface area contributed by atoms with E-state index in [9.17, 15) is 4.79 Å². The van der Waals surface area contributed by atoms with E-state index in [-0.39, 0.29) is 11.7 Å². The van der Waals surface area contributed by atoms with E-state index < -0.39 is 0 Å². The van der Waals surface area contributed by atoms with Crippen molar-refractivity contribution in [1.82, 2.24) is 15.1 Å². The Hall–Kier alpha value is -1.40. The molecule has 0 aliphatic carbocycles. The zero-order chi connectivity index (χ0) is 13.1. The second-order valence-corrected chi connectivity index (χ2v) is 5.11. The molecule has 19 heavy (non-hydrogen) atoms. The van der Waals surface area contributed by atoms with Crippen LogP contribution in [-0.2, 0) is 11.3 Å². The highest BCUT2D eigenvalue weighted by molar-refractivity contribution is 5.43. The van der Waals surface area contributed by atoms with E-state index >= 15 is 0 Å². The number of rotatable bonds is 3. The van der Waals surface area contributed by atoms with Crippen molar-refractivity contribution >= 4 is 5.69 Å². The lowest BCUT2D eigenvalue weighted by atomic mass is 10.2. The molecule has 0 aromatic carbocycles. The smallest absolute Gasteiger partial charge is 0.268 e. The number of hydrogen-bond donors (Lipinski definition) is 1. The molecule has 0 radical (unpaired) electrons. The Morgan fingerprint density at radius 1 is 1.42 bits per heavy atom. The van der Waals surface area contributed by atoms with Crippen molar-refractivity contribution in [3.8, 4) is 0 Å². The van der Waals surface area contributed by atoms with Crippen LogP contribution >= 0.6 is 0 Å². The van der Waals surface area contributed by atoms with Crippen LogP contribution in [0.3, 0.4) is 0 Å². The maximum atomic E-state index is 12.1. The number of anilines is 1. The first kappa shape index (κ1) is 12.6. The molecule has 0 bridgehead atoms. The number of nitrogens with one attached hydrogen (secondary N) is 1. The third-order valence-corrected chi connectivity index (χ3v) is 3.74. The highest BCUT2D eigenvalue weighted by atomic mass is 16.5. The monoisotopic (exact) mass is 264 g/mol. The summed E-state index contributed by atoms with van der Waals surface area (Å²) in [5, 5.41) is 7.58. The van der Waals surface area contributed by atoms with E-state index in [0.717, 1.165) is 51.3 Å². The van der Waals surface area contributed by atoms with Gasteiger partial charge in [-0.15, -0.1) is 0 Å². The second kappa shape index (κ2) is 5.71. The molecule has 2 aliphatic heterocycles. The number of piperazine rings is 1. The van der Waals surface area contributed by atoms with E-state index in [4.69, 9.17) is 4.74 Å². The Morgan fingerprint density at radius 3 is 2.95 bits per heavy atom. The van der Waals surface area contributed by atoms with Gasteiger partial charge in [0.25, 0.3) is 5.56 Å². The molecule has 2 aliphatic rings. The lowest BCUT2D eigenvalue weighted by Crippen LogP contribution is -2.44. The van der Waals surface area contributed by atoms with Gasteiger partial charge in [0.15, 0.2) is 0 Å². The molecule has 6 heteroatoms. The van der Waals surface area contributed by atoms with Gasteiger partial charge in [0.2, 0.25) is 0 Å². The largest absolute Gasteiger partial charge is 0.376 e. The number of nitrogens with zero attached hydrogens (tertiary/aromatic N) is 3. The number of aromatic nitrogens is 2. The first-order valence-electron chi connectivity index (χ1n) is 6.97. The molecule has 1 aromatic rings. The van der Waals surface area contributed by atoms with Gasteiger partial charge in [-0.25, -0.2) is 4.68 Å². The van der Waals surface area contributed by atoms with Crippen LogP contribution in [0.1, 0.15) is 12.8 Å². The first-order chi connectivity index (χ1) is 9.33. The Kier molecular flexibility index (Phi) is 3.79. The Bertz CT molecular complexity index is 476. The highest BCUT2D eigenvalue weighted by Gasteiger charge is 2.18. The average molecular weight is 264 g/mol. The fourth-order valence-corrected chi connectivity index (χ4v) is 2.64. The molecule has 2 fully saturated rings. The van der Waals surface area contributed by atoms with Crippen molar-refractivity contribution in [2.24, 2.45) is 0 Å². The van der Waals surface area contributed by atoms with E-state index in [1.807, 2.05) is 0 Å². The molecule has 0 spiro atoms. The van der Waals surface area contributed by atoms with E-state index in [0.29, 0.717) is 6.54 Å². The lowest BCUT2D eigenvalue weighted by Gasteiger charge is -2.29. The van der Waals surface area contributed by atoms with Gasteiger partial charge in [0.1, 0.15) is 0 Å². The molecular formula is C13H20N4O2. The predicted octanol–water partition coefficient (Wildman–Crippen LogP) is -0.168. The van der Waals surface area contributed by atoms with Crippen molar-refractivity contribution in [2.75, 3.05) is 37.7 Å². The Balaban J connectivity index is 1.71. The topological polar surface area (TPSA) is 59.4 Å². The Morgan fingerprint density at radius 2 is 2.26 bits per heavy atom. The minimum Gasteiger partial charge on any atom is -0.376 e. The Labute approximate surface area is 112 Å². The number of hydrogen-bond acceptors (Lipinski definition) is 5. The van der Waals surface area contributed by atoms with Gasteiger partial charge in [-0.1, -0.05) is 0 Å². The van der Waals surface area contributed by atoms with Crippen LogP contribution in [0.15, 0.2) is 17.1 Å². The van der Waals surface area contributed by atoms with Crippen LogP contribution in [0, 0.1) is 0 Å². The minimum atomic E-state index is -0.0356. The summed E-state index contributed by atoms with van der Waals surface area (Å²) in [6.45, 7) is 5.14. The molecule has 1 atom stereocenters. The summed E-state index contributed by atoms with van der Waals surface area (Å²) in [6, 6.07) is 1.69. The summed E-state index contributed by atoms with van der Waals surface area (Å²) in [7, 11) is 0. The second-order valence-electron chi connectivity index (χ2n) is 5.11. The fraction of sp³-hybridized carbons (Fsp3) is 0.692. The molecule has 104 valence electrons. The zero-order valence-corrected chi connectivity index (χ0v) is 11.0. The van der Waals surface area contributed by atoms with Gasteiger partial charge in [-0.05, 0) is 12.8 Å². The summed E-state index contributed by atoms with van der Waals surface area (Å²) in [6.07, 6.45) is 4.04. The summed E-state index contributed by atoms with van der Waals surface area (Å²) in [5.41, 5.74) is 0.890. The molecule has 0 unspecified atom stereocenters. The van der Waals surface area contributed by atoms with E-state index in [1.54, 1.807) is 12.3 Å². The van der Waals surface area contributed by atoms with Crippen molar-refractivity contribution in [3.05, 3.63) is 22.6 Å². The normalized spacial score (nSPS) is 23.8. The standard InChI is InChI=1S/C13H20N4O2/c18-13-8-11(16-5-3-14-4-6-16)9-15-17(13)10-12-2-1-7-19-12/h8-9,12,14H,1-7,10H2/t12-/m1/s1. The summed E-state index contributed by atoms with van der Waals surface area (Å²) >= 11 is 0. The molecule has 0 amide bonds. The molecule has 0 saturated carbocycles. The summed E-state index contributed by atoms with van der Waals surface area (Å²) < 4.78 is 7.06. The van der Waals surface area contributed by atoms with Crippen LogP contribution in [0.4, 0.5) is 5.69 Å². The lowest BCUT2D eigenvalue weighted by molar-refractivity contribution is 0.0927. The molecule has 1 aromatic heterocycles. The van der Waals surface area contributed by atoms with Gasteiger partial charge in [0.05, 0.1) is 24.5 Å². The third-order valence-electron chi connectivity index (χ3n) is 3.74. The summed E-state index contributed by atoms with van der Waals surface area (Å²) in [4.78, 5) is 14.3. The van der Waals surface area contributed by atoms with Crippen LogP contribution < -0.4 is 15.8 Å². The van der Waals surface area contributed by atoms with Crippen molar-refractivity contribution in [2.45, 2.75) is 25.5 Å². The maximum absolute atomic E-state index is 12.1. The molecule has 3 rings (SSSR count). The SMILES string of the molecule is O=c1cc(N2CCNCC2)cnn1C[C@H]1CCCO1. The van der Waals surface area contributed by atoms with Gasteiger partial charge >= 0.3 is 0 Å². The van der Waals surface area contributed by atoms with Gasteiger partial charge in [0, 0.05) is 38.9 Å². The van der Waals surface area contributed by atoms with Crippen LogP contribution in [0.25, 0.3) is 0 Å². The van der Waals surface area contributed by atoms with E-state index in [1.165, 1.54) is 4.68 Å². The molecular weight excluding hydrogens is 244 g/mol. The third kappa shape index (κ3) is 2.96. The fourth-order valence-electron chi connectivity index (χ4n) is 2.64. The zero-order valence-electron chi connectivity index (χ0n) is 11.0. The quantitative estimate of drug-likeness (QED) is 0.821. The molecule has 1 N–H and O–H groups in total. The predicted molar refractivity (Wildman–Crippen MR) is 72.6 cm³/mol. The van der Waals surface area contributed by atoms with Crippen molar-refractivity contribution in [3.63, 3.8) is 0 Å². The van der Waals surface area contributed by atoms with Gasteiger partial charge in [-0.2, -0.15) is 5.10 Å². The first-order valence-corrected chi connectivity index (χ1v) is 6.97. The maximum Gasteiger partial charge on any atom is 0.268 e. The molecule has 3 heterocycles. The van der Waals surface area contributed by atoms with Crippen LogP contribution in [-0.4, -0.2) is 48.7 Å². The van der Waals surface area contributed by atoms with Gasteiger partial charge in [-0.3, -0.25) is 4.79 Å².